The Labute approximate surface area is 201 Å². The predicted molar refractivity (Wildman–Crippen MR) is 135 cm³/mol. The van der Waals surface area contributed by atoms with Gasteiger partial charge in [-0.3, -0.25) is 9.97 Å². The van der Waals surface area contributed by atoms with Crippen LogP contribution in [-0.2, 0) is 11.3 Å². The van der Waals surface area contributed by atoms with Crippen molar-refractivity contribution in [3.05, 3.63) is 42.5 Å². The van der Waals surface area contributed by atoms with E-state index in [4.69, 9.17) is 15.5 Å². The summed E-state index contributed by atoms with van der Waals surface area (Å²) in [5, 5.41) is 9.98. The van der Waals surface area contributed by atoms with Crippen molar-refractivity contribution in [1.29, 1.82) is 0 Å². The number of aliphatic hydroxyl groups excluding tert-OH is 1. The Bertz CT molecular complexity index is 1080. The molecule has 1 spiro atoms. The lowest BCUT2D eigenvalue weighted by molar-refractivity contribution is 0.0973. The van der Waals surface area contributed by atoms with Gasteiger partial charge in [-0.1, -0.05) is 6.07 Å². The van der Waals surface area contributed by atoms with E-state index < -0.39 is 0 Å². The maximum atomic E-state index is 9.98. The van der Waals surface area contributed by atoms with Gasteiger partial charge in [-0.15, -0.1) is 0 Å². The number of ether oxygens (including phenoxy) is 1. The number of aromatic nitrogens is 4. The van der Waals surface area contributed by atoms with Crippen molar-refractivity contribution < 1.29 is 9.84 Å². The summed E-state index contributed by atoms with van der Waals surface area (Å²) in [7, 11) is 0. The van der Waals surface area contributed by atoms with Crippen LogP contribution in [0.15, 0.2) is 36.8 Å². The Kier molecular flexibility index (Phi) is 7.61. The molecule has 0 radical (unpaired) electrons. The normalized spacial score (nSPS) is 21.9. The van der Waals surface area contributed by atoms with Gasteiger partial charge >= 0.3 is 0 Å². The van der Waals surface area contributed by atoms with Gasteiger partial charge in [0.2, 0.25) is 0 Å². The monoisotopic (exact) mass is 474 g/mol. The molecule has 0 aliphatic carbocycles. The van der Waals surface area contributed by atoms with Crippen molar-refractivity contribution >= 4 is 43.8 Å². The fourth-order valence-corrected chi connectivity index (χ4v) is 4.69. The molecule has 2 aliphatic rings. The molecule has 3 aromatic rings. The van der Waals surface area contributed by atoms with E-state index in [1.54, 1.807) is 18.6 Å². The fraction of sp³-hybridized carbons (Fsp3) is 0.455. The van der Waals surface area contributed by atoms with E-state index in [0.29, 0.717) is 11.4 Å². The summed E-state index contributed by atoms with van der Waals surface area (Å²) >= 11 is 0. The topological polar surface area (TPSA) is 110 Å². The SMILES string of the molecule is C[C@@H]1OCC2(CCN(c3ncc(-c4ccc5nccnc5c4)nc3CO)CC2)[C@@H]1N.S.S. The van der Waals surface area contributed by atoms with Crippen molar-refractivity contribution in [2.24, 2.45) is 11.1 Å². The number of benzene rings is 1. The quantitative estimate of drug-likeness (QED) is 0.594. The third kappa shape index (κ3) is 4.29. The molecule has 2 saturated heterocycles. The first kappa shape index (κ1) is 24.7. The lowest BCUT2D eigenvalue weighted by Crippen LogP contribution is -2.51. The van der Waals surface area contributed by atoms with Crippen molar-refractivity contribution in [3.63, 3.8) is 0 Å². The molecule has 0 saturated carbocycles. The first-order valence-corrected chi connectivity index (χ1v) is 10.4. The number of piperidine rings is 1. The second kappa shape index (κ2) is 9.88. The average molecular weight is 475 g/mol. The van der Waals surface area contributed by atoms with Gasteiger partial charge in [-0.2, -0.15) is 27.0 Å². The minimum Gasteiger partial charge on any atom is -0.390 e. The Balaban J connectivity index is 0.00000144. The van der Waals surface area contributed by atoms with Crippen molar-refractivity contribution in [1.82, 2.24) is 19.9 Å². The molecule has 0 bridgehead atoms. The van der Waals surface area contributed by atoms with E-state index in [9.17, 15) is 5.11 Å². The summed E-state index contributed by atoms with van der Waals surface area (Å²) in [6, 6.07) is 5.89. The minimum absolute atomic E-state index is 0. The molecule has 172 valence electrons. The zero-order chi connectivity index (χ0) is 20.7. The van der Waals surface area contributed by atoms with Crippen LogP contribution in [0.4, 0.5) is 5.82 Å². The van der Waals surface area contributed by atoms with Crippen LogP contribution < -0.4 is 10.6 Å². The first-order valence-electron chi connectivity index (χ1n) is 10.4. The number of aliphatic hydroxyl groups is 1. The molecule has 2 aliphatic heterocycles. The van der Waals surface area contributed by atoms with Crippen LogP contribution in [0.5, 0.6) is 0 Å². The zero-order valence-electron chi connectivity index (χ0n) is 18.0. The summed E-state index contributed by atoms with van der Waals surface area (Å²) < 4.78 is 5.82. The van der Waals surface area contributed by atoms with Crippen LogP contribution in [0.2, 0.25) is 0 Å². The standard InChI is InChI=1S/C22H26N6O2.2H2S/c1-14-20(23)22(13-30-14)4-8-28(9-5-22)21-19(12-29)27-18(11-26-21)15-2-3-16-17(10-15)25-7-6-24-16;;/h2-3,6-7,10-11,14,20,29H,4-5,8-9,12-13,23H2,1H3;2*1H2/t14-,20+;;/m0../s1. The van der Waals surface area contributed by atoms with Crippen LogP contribution in [-0.4, -0.2) is 56.9 Å². The Morgan fingerprint density at radius 1 is 1.12 bits per heavy atom. The van der Waals surface area contributed by atoms with Crippen LogP contribution in [0.25, 0.3) is 22.3 Å². The summed E-state index contributed by atoms with van der Waals surface area (Å²) in [6.07, 6.45) is 7.13. The molecule has 3 N–H and O–H groups in total. The van der Waals surface area contributed by atoms with Gasteiger partial charge in [0.25, 0.3) is 0 Å². The third-order valence-electron chi connectivity index (χ3n) is 6.64. The maximum absolute atomic E-state index is 9.98. The number of nitrogens with zero attached hydrogens (tertiary/aromatic N) is 5. The van der Waals surface area contributed by atoms with Crippen molar-refractivity contribution in [2.45, 2.75) is 38.5 Å². The Morgan fingerprint density at radius 3 is 2.50 bits per heavy atom. The van der Waals surface area contributed by atoms with E-state index in [1.165, 1.54) is 0 Å². The second-order valence-electron chi connectivity index (χ2n) is 8.33. The summed E-state index contributed by atoms with van der Waals surface area (Å²) in [5.41, 5.74) is 10.3. The number of hydrogen-bond donors (Lipinski definition) is 2. The molecule has 2 aromatic heterocycles. The van der Waals surface area contributed by atoms with Gasteiger partial charge in [0, 0.05) is 42.5 Å². The molecule has 5 rings (SSSR count). The van der Waals surface area contributed by atoms with Crippen LogP contribution in [0, 0.1) is 5.41 Å². The number of hydrogen-bond acceptors (Lipinski definition) is 8. The van der Waals surface area contributed by atoms with Crippen molar-refractivity contribution in [2.75, 3.05) is 24.6 Å². The summed E-state index contributed by atoms with van der Waals surface area (Å²) in [4.78, 5) is 20.3. The van der Waals surface area contributed by atoms with Gasteiger partial charge in [-0.05, 0) is 31.9 Å². The molecular weight excluding hydrogens is 444 g/mol. The highest BCUT2D eigenvalue weighted by Gasteiger charge is 2.47. The van der Waals surface area contributed by atoms with E-state index in [0.717, 1.165) is 55.0 Å². The van der Waals surface area contributed by atoms with Gasteiger partial charge in [-0.25, -0.2) is 9.97 Å². The lowest BCUT2D eigenvalue weighted by atomic mass is 9.73. The van der Waals surface area contributed by atoms with E-state index >= 15 is 0 Å². The van der Waals surface area contributed by atoms with Crippen LogP contribution in [0.3, 0.4) is 0 Å². The highest BCUT2D eigenvalue weighted by Crippen LogP contribution is 2.42. The molecule has 1 aromatic carbocycles. The van der Waals surface area contributed by atoms with E-state index in [-0.39, 0.29) is 51.2 Å². The van der Waals surface area contributed by atoms with Crippen LogP contribution >= 0.6 is 27.0 Å². The number of nitrogens with two attached hydrogens (primary N) is 1. The smallest absolute Gasteiger partial charge is 0.152 e. The Morgan fingerprint density at radius 2 is 1.84 bits per heavy atom. The molecular formula is C22H30N6O2S2. The van der Waals surface area contributed by atoms with Gasteiger partial charge in [0.1, 0.15) is 5.69 Å². The molecule has 10 heteroatoms. The molecule has 8 nitrogen and oxygen atoms in total. The third-order valence-corrected chi connectivity index (χ3v) is 6.64. The van der Waals surface area contributed by atoms with E-state index in [2.05, 4.69) is 26.8 Å². The summed E-state index contributed by atoms with van der Waals surface area (Å²) in [6.45, 7) is 4.28. The molecule has 0 amide bonds. The van der Waals surface area contributed by atoms with Crippen LogP contribution in [0.1, 0.15) is 25.5 Å². The highest BCUT2D eigenvalue weighted by atomic mass is 32.1. The van der Waals surface area contributed by atoms with Gasteiger partial charge in [0.05, 0.1) is 42.2 Å². The number of fused-ring (bicyclic) bond motifs is 1. The molecule has 2 atom stereocenters. The van der Waals surface area contributed by atoms with E-state index in [1.807, 2.05) is 18.2 Å². The highest BCUT2D eigenvalue weighted by molar-refractivity contribution is 7.59. The predicted octanol–water partition coefficient (Wildman–Crippen LogP) is 2.14. The molecule has 4 heterocycles. The largest absolute Gasteiger partial charge is 0.390 e. The molecule has 0 unspecified atom stereocenters. The van der Waals surface area contributed by atoms with Gasteiger partial charge in [0.15, 0.2) is 5.82 Å². The lowest BCUT2D eigenvalue weighted by Gasteiger charge is -2.41. The van der Waals surface area contributed by atoms with Crippen molar-refractivity contribution in [3.8, 4) is 11.3 Å². The zero-order valence-corrected chi connectivity index (χ0v) is 20.0. The minimum atomic E-state index is -0.162. The average Bonchev–Trinajstić information content (AvgIpc) is 3.07. The summed E-state index contributed by atoms with van der Waals surface area (Å²) in [5.74, 6) is 0.747. The molecule has 32 heavy (non-hydrogen) atoms. The fourth-order valence-electron chi connectivity index (χ4n) is 4.69. The second-order valence-corrected chi connectivity index (χ2v) is 8.33. The first-order chi connectivity index (χ1) is 14.6. The van der Waals surface area contributed by atoms with Gasteiger partial charge < -0.3 is 20.5 Å². The Hall–Kier alpha value is -1.98. The molecule has 2 fully saturated rings. The number of rotatable bonds is 3. The number of anilines is 1. The maximum Gasteiger partial charge on any atom is 0.152 e.